The number of likely N-dealkylation sites (tertiary alicyclic amines) is 1. The first-order valence-electron chi connectivity index (χ1n) is 17.2. The Hall–Kier alpha value is -4.11. The quantitative estimate of drug-likeness (QED) is 0.0777. The Balaban J connectivity index is 1.23. The van der Waals surface area contributed by atoms with Crippen molar-refractivity contribution in [2.24, 2.45) is 23.4 Å². The molecule has 0 bridgehead atoms. The van der Waals surface area contributed by atoms with Crippen molar-refractivity contribution in [2.45, 2.75) is 66.5 Å². The molecule has 2 heterocycles. The molecule has 1 aliphatic heterocycles. The lowest BCUT2D eigenvalue weighted by atomic mass is 9.88. The van der Waals surface area contributed by atoms with Gasteiger partial charge in [0.1, 0.15) is 5.69 Å². The molecule has 0 amide bonds. The molecule has 1 saturated heterocycles. The first-order valence-corrected chi connectivity index (χ1v) is 17.2. The summed E-state index contributed by atoms with van der Waals surface area (Å²) in [4.78, 5) is 18.9. The molecule has 0 saturated carbocycles. The number of aromatic amines is 1. The number of H-pyrrole nitrogens is 1. The molecule has 3 aromatic carbocycles. The molecule has 5 N–H and O–H groups in total. The molecule has 48 heavy (non-hydrogen) atoms. The Morgan fingerprint density at radius 3 is 2.50 bits per heavy atom. The summed E-state index contributed by atoms with van der Waals surface area (Å²) >= 11 is 0. The average Bonchev–Trinajstić information content (AvgIpc) is 3.44. The normalized spacial score (nSPS) is 14.7. The van der Waals surface area contributed by atoms with E-state index in [0.717, 1.165) is 48.9 Å². The number of carbonyl (C=O) groups excluding carboxylic acids is 1. The zero-order chi connectivity index (χ0) is 34.4. The summed E-state index contributed by atoms with van der Waals surface area (Å²) < 4.78 is 11.1. The van der Waals surface area contributed by atoms with Gasteiger partial charge in [0.25, 0.3) is 0 Å². The van der Waals surface area contributed by atoms with E-state index in [1.165, 1.54) is 27.8 Å². The summed E-state index contributed by atoms with van der Waals surface area (Å²) in [5, 5.41) is 2.57. The van der Waals surface area contributed by atoms with Gasteiger partial charge in [0, 0.05) is 42.9 Å². The van der Waals surface area contributed by atoms with Gasteiger partial charge in [-0.15, -0.1) is 0 Å². The van der Waals surface area contributed by atoms with E-state index in [9.17, 15) is 4.79 Å². The van der Waals surface area contributed by atoms with Crippen LogP contribution in [0.1, 0.15) is 84.8 Å². The summed E-state index contributed by atoms with van der Waals surface area (Å²) in [5.74, 6) is 7.21. The third-order valence-electron chi connectivity index (χ3n) is 9.23. The molecular formula is C40H53N5O3. The number of aromatic nitrogens is 1. The highest BCUT2D eigenvalue weighted by Crippen LogP contribution is 2.34. The van der Waals surface area contributed by atoms with Crippen LogP contribution in [0.5, 0.6) is 0 Å². The minimum Gasteiger partial charge on any atom is -0.461 e. The van der Waals surface area contributed by atoms with Gasteiger partial charge in [-0.25, -0.2) is 10.6 Å². The molecule has 0 radical (unpaired) electrons. The number of hydrogen-bond acceptors (Lipinski definition) is 7. The number of nitrogens with two attached hydrogens (primary N) is 2. The van der Waals surface area contributed by atoms with Crippen LogP contribution in [0.15, 0.2) is 66.9 Å². The van der Waals surface area contributed by atoms with Gasteiger partial charge >= 0.3 is 5.97 Å². The first kappa shape index (κ1) is 35.2. The maximum absolute atomic E-state index is 13.1. The third-order valence-corrected chi connectivity index (χ3v) is 9.23. The third kappa shape index (κ3) is 8.48. The van der Waals surface area contributed by atoms with Gasteiger partial charge in [-0.05, 0) is 90.6 Å². The molecule has 4 aromatic rings. The van der Waals surface area contributed by atoms with Crippen molar-refractivity contribution in [1.82, 2.24) is 14.9 Å². The maximum atomic E-state index is 13.1. The van der Waals surface area contributed by atoms with Crippen LogP contribution in [0, 0.1) is 18.8 Å². The number of piperidine rings is 1. The van der Waals surface area contributed by atoms with Crippen molar-refractivity contribution in [3.8, 4) is 11.1 Å². The van der Waals surface area contributed by atoms with Crippen molar-refractivity contribution in [3.63, 3.8) is 0 Å². The maximum Gasteiger partial charge on any atom is 0.355 e. The van der Waals surface area contributed by atoms with Crippen LogP contribution in [0.2, 0.25) is 0 Å². The van der Waals surface area contributed by atoms with Crippen molar-refractivity contribution < 1.29 is 14.3 Å². The fourth-order valence-electron chi connectivity index (χ4n) is 6.75. The second-order valence-electron chi connectivity index (χ2n) is 14.1. The van der Waals surface area contributed by atoms with Gasteiger partial charge in [-0.3, -0.25) is 4.90 Å². The standard InChI is InChI=1S/C40H53N5O3/c1-26(2)24-48-40(46)39-38(35-19-28(5)11-14-37(35)43-39)36(41)23-45(42)22-29-15-17-44(18-16-29)21-30-12-13-33(34(20-30)27(3)4)32-10-8-7-9-31(32)25-47-6/h7-14,19-20,23,26-27,29,43H,15-18,21-22,24-25,41-42H2,1-6H3/b36-23-. The summed E-state index contributed by atoms with van der Waals surface area (Å²) in [6, 6.07) is 21.5. The molecule has 8 heteroatoms. The van der Waals surface area contributed by atoms with E-state index < -0.39 is 5.97 Å². The van der Waals surface area contributed by atoms with E-state index in [1.54, 1.807) is 18.3 Å². The Labute approximate surface area is 286 Å². The van der Waals surface area contributed by atoms with E-state index in [2.05, 4.69) is 66.2 Å². The van der Waals surface area contributed by atoms with Crippen LogP contribution >= 0.6 is 0 Å². The molecule has 0 unspecified atom stereocenters. The fourth-order valence-corrected chi connectivity index (χ4v) is 6.75. The van der Waals surface area contributed by atoms with Crippen molar-refractivity contribution in [3.05, 3.63) is 100 Å². The fraction of sp³-hybridized carbons (Fsp3) is 0.425. The molecule has 1 aliphatic rings. The van der Waals surface area contributed by atoms with Gasteiger partial charge in [0.15, 0.2) is 0 Å². The second kappa shape index (κ2) is 15.9. The number of nitrogens with one attached hydrogen (secondary N) is 1. The molecule has 0 atom stereocenters. The number of esters is 1. The highest BCUT2D eigenvalue weighted by molar-refractivity contribution is 6.04. The van der Waals surface area contributed by atoms with E-state index in [4.69, 9.17) is 21.1 Å². The smallest absolute Gasteiger partial charge is 0.355 e. The van der Waals surface area contributed by atoms with Gasteiger partial charge in [-0.1, -0.05) is 81.8 Å². The second-order valence-corrected chi connectivity index (χ2v) is 14.1. The van der Waals surface area contributed by atoms with Gasteiger partial charge in [0.05, 0.1) is 18.9 Å². The minimum absolute atomic E-state index is 0.232. The zero-order valence-corrected chi connectivity index (χ0v) is 29.5. The van der Waals surface area contributed by atoms with Crippen molar-refractivity contribution >= 4 is 22.6 Å². The predicted octanol–water partition coefficient (Wildman–Crippen LogP) is 7.57. The molecule has 256 valence electrons. The summed E-state index contributed by atoms with van der Waals surface area (Å²) in [5.41, 5.74) is 16.5. The molecule has 8 nitrogen and oxygen atoms in total. The lowest BCUT2D eigenvalue weighted by Crippen LogP contribution is -2.39. The Morgan fingerprint density at radius 1 is 1.04 bits per heavy atom. The SMILES string of the molecule is COCc1ccccc1-c1ccc(CN2CCC(CN(N)/C=C(\N)c3c(C(=O)OCC(C)C)[nH]c4ccc(C)cc34)CC2)cc1C(C)C. The van der Waals surface area contributed by atoms with Gasteiger partial charge < -0.3 is 25.2 Å². The summed E-state index contributed by atoms with van der Waals surface area (Å²) in [6.07, 6.45) is 3.87. The van der Waals surface area contributed by atoms with E-state index in [1.807, 2.05) is 39.0 Å². The highest BCUT2D eigenvalue weighted by atomic mass is 16.5. The lowest BCUT2D eigenvalue weighted by molar-refractivity contribution is 0.0452. The highest BCUT2D eigenvalue weighted by Gasteiger charge is 2.24. The largest absolute Gasteiger partial charge is 0.461 e. The topological polar surface area (TPSA) is 110 Å². The summed E-state index contributed by atoms with van der Waals surface area (Å²) in [6.45, 7) is 15.2. The van der Waals surface area contributed by atoms with Crippen LogP contribution in [0.25, 0.3) is 27.7 Å². The number of carbonyl (C=O) groups is 1. The number of ether oxygens (including phenoxy) is 2. The van der Waals surface area contributed by atoms with Crippen LogP contribution in [-0.2, 0) is 22.6 Å². The molecule has 0 aliphatic carbocycles. The van der Waals surface area contributed by atoms with Crippen molar-refractivity contribution in [2.75, 3.05) is 33.4 Å². The number of nitrogens with zero attached hydrogens (tertiary/aromatic N) is 2. The van der Waals surface area contributed by atoms with Crippen LogP contribution in [0.3, 0.4) is 0 Å². The monoisotopic (exact) mass is 651 g/mol. The number of aryl methyl sites for hydroxylation is 1. The number of fused-ring (bicyclic) bond motifs is 1. The zero-order valence-electron chi connectivity index (χ0n) is 29.5. The number of hydrogen-bond donors (Lipinski definition) is 3. The van der Waals surface area contributed by atoms with Crippen LogP contribution in [0.4, 0.5) is 0 Å². The van der Waals surface area contributed by atoms with Crippen molar-refractivity contribution in [1.29, 1.82) is 0 Å². The molecule has 5 rings (SSSR count). The number of hydrazine groups is 1. The number of methoxy groups -OCH3 is 1. The predicted molar refractivity (Wildman–Crippen MR) is 196 cm³/mol. The lowest BCUT2D eigenvalue weighted by Gasteiger charge is -2.33. The number of rotatable bonds is 13. The molecule has 1 fully saturated rings. The molecular weight excluding hydrogens is 598 g/mol. The van der Waals surface area contributed by atoms with E-state index in [0.29, 0.717) is 48.5 Å². The van der Waals surface area contributed by atoms with Crippen LogP contribution in [-0.4, -0.2) is 54.2 Å². The summed E-state index contributed by atoms with van der Waals surface area (Å²) in [7, 11) is 1.75. The van der Waals surface area contributed by atoms with E-state index >= 15 is 0 Å². The van der Waals surface area contributed by atoms with E-state index in [-0.39, 0.29) is 5.92 Å². The molecule has 0 spiro atoms. The Bertz CT molecular complexity index is 1730. The average molecular weight is 652 g/mol. The van der Waals surface area contributed by atoms with Crippen LogP contribution < -0.4 is 11.6 Å². The number of benzene rings is 3. The Morgan fingerprint density at radius 2 is 1.79 bits per heavy atom. The van der Waals surface area contributed by atoms with Gasteiger partial charge in [0.2, 0.25) is 0 Å². The Kier molecular flexibility index (Phi) is 11.6. The molecule has 1 aromatic heterocycles. The minimum atomic E-state index is -0.411. The first-order chi connectivity index (χ1) is 23.0. The van der Waals surface area contributed by atoms with Gasteiger partial charge in [-0.2, -0.15) is 0 Å².